The van der Waals surface area contributed by atoms with Crippen LogP contribution in [0.1, 0.15) is 13.8 Å². The van der Waals surface area contributed by atoms with Crippen LogP contribution in [0.4, 0.5) is 17.1 Å². The van der Waals surface area contributed by atoms with Crippen molar-refractivity contribution in [3.8, 4) is 11.1 Å². The van der Waals surface area contributed by atoms with E-state index in [-0.39, 0.29) is 11.8 Å². The molecule has 1 unspecified atom stereocenters. The Balaban J connectivity index is 1.71. The van der Waals surface area contributed by atoms with E-state index in [9.17, 15) is 9.59 Å². The van der Waals surface area contributed by atoms with Gasteiger partial charge >= 0.3 is 0 Å². The molecule has 5 nitrogen and oxygen atoms in total. The van der Waals surface area contributed by atoms with Crippen LogP contribution in [0.5, 0.6) is 0 Å². The second-order valence-electron chi connectivity index (χ2n) is 6.53. The highest BCUT2D eigenvalue weighted by molar-refractivity contribution is 5.99. The number of carbonyl (C=O) groups excluding carboxylic acids is 2. The van der Waals surface area contributed by atoms with Gasteiger partial charge in [0.25, 0.3) is 0 Å². The summed E-state index contributed by atoms with van der Waals surface area (Å²) in [6.07, 6.45) is 0. The minimum absolute atomic E-state index is 0.138. The molecule has 3 rings (SSSR count). The van der Waals surface area contributed by atoms with Gasteiger partial charge in [0.15, 0.2) is 0 Å². The predicted octanol–water partition coefficient (Wildman–Crippen LogP) is 4.75. The molecule has 0 spiro atoms. The first-order chi connectivity index (χ1) is 13.5. The van der Waals surface area contributed by atoms with Gasteiger partial charge in [0.2, 0.25) is 11.8 Å². The van der Waals surface area contributed by atoms with Crippen molar-refractivity contribution >= 4 is 28.9 Å². The fraction of sp³-hybridized carbons (Fsp3) is 0.130. The average Bonchev–Trinajstić information content (AvgIpc) is 2.69. The second kappa shape index (κ2) is 8.86. The molecular formula is C23H23N3O2. The SMILES string of the molecule is CC(=O)Nc1cccc(NC(C)C(=O)Nc2ccccc2-c2ccccc2)c1. The third-order valence-electron chi connectivity index (χ3n) is 4.23. The molecule has 3 aromatic rings. The first-order valence-electron chi connectivity index (χ1n) is 9.12. The quantitative estimate of drug-likeness (QED) is 0.584. The number of para-hydroxylation sites is 1. The number of carbonyl (C=O) groups is 2. The molecule has 1 atom stereocenters. The molecule has 0 saturated carbocycles. The van der Waals surface area contributed by atoms with Gasteiger partial charge in [-0.15, -0.1) is 0 Å². The van der Waals surface area contributed by atoms with Crippen molar-refractivity contribution < 1.29 is 9.59 Å². The number of benzene rings is 3. The number of hydrogen-bond acceptors (Lipinski definition) is 3. The Labute approximate surface area is 164 Å². The highest BCUT2D eigenvalue weighted by atomic mass is 16.2. The molecule has 0 saturated heterocycles. The Hall–Kier alpha value is -3.60. The molecule has 0 radical (unpaired) electrons. The van der Waals surface area contributed by atoms with Crippen LogP contribution in [-0.2, 0) is 9.59 Å². The highest BCUT2D eigenvalue weighted by Crippen LogP contribution is 2.27. The van der Waals surface area contributed by atoms with E-state index in [2.05, 4.69) is 16.0 Å². The van der Waals surface area contributed by atoms with Crippen molar-refractivity contribution in [1.82, 2.24) is 0 Å². The Bertz CT molecular complexity index is 970. The van der Waals surface area contributed by atoms with Gasteiger partial charge in [-0.1, -0.05) is 54.6 Å². The average molecular weight is 373 g/mol. The maximum absolute atomic E-state index is 12.7. The summed E-state index contributed by atoms with van der Waals surface area (Å²) in [6, 6.07) is 24.5. The highest BCUT2D eigenvalue weighted by Gasteiger charge is 2.15. The van der Waals surface area contributed by atoms with Crippen molar-refractivity contribution in [3.05, 3.63) is 78.9 Å². The summed E-state index contributed by atoms with van der Waals surface area (Å²) < 4.78 is 0. The minimum atomic E-state index is -0.462. The maximum Gasteiger partial charge on any atom is 0.246 e. The van der Waals surface area contributed by atoms with Gasteiger partial charge in [0, 0.05) is 29.5 Å². The molecule has 0 aromatic heterocycles. The molecule has 2 amide bonds. The summed E-state index contributed by atoms with van der Waals surface area (Å²) in [7, 11) is 0. The summed E-state index contributed by atoms with van der Waals surface area (Å²) in [5.74, 6) is -0.284. The van der Waals surface area contributed by atoms with E-state index in [4.69, 9.17) is 0 Å². The summed E-state index contributed by atoms with van der Waals surface area (Å²) in [6.45, 7) is 3.26. The topological polar surface area (TPSA) is 70.2 Å². The summed E-state index contributed by atoms with van der Waals surface area (Å²) >= 11 is 0. The zero-order valence-electron chi connectivity index (χ0n) is 15.9. The standard InChI is InChI=1S/C23H23N3O2/c1-16(24-19-11-8-12-20(15-19)25-17(2)27)23(28)26-22-14-7-6-13-21(22)18-9-4-3-5-10-18/h3-16,24H,1-2H3,(H,25,27)(H,26,28). The monoisotopic (exact) mass is 373 g/mol. The van der Waals surface area contributed by atoms with Crippen LogP contribution in [-0.4, -0.2) is 17.9 Å². The van der Waals surface area contributed by atoms with Crippen LogP contribution in [0.2, 0.25) is 0 Å². The largest absolute Gasteiger partial charge is 0.374 e. The van der Waals surface area contributed by atoms with Gasteiger partial charge < -0.3 is 16.0 Å². The van der Waals surface area contributed by atoms with Crippen molar-refractivity contribution in [2.75, 3.05) is 16.0 Å². The van der Waals surface area contributed by atoms with Gasteiger partial charge in [-0.2, -0.15) is 0 Å². The Morgan fingerprint density at radius 2 is 1.46 bits per heavy atom. The van der Waals surface area contributed by atoms with Crippen molar-refractivity contribution in [1.29, 1.82) is 0 Å². The second-order valence-corrected chi connectivity index (χ2v) is 6.53. The zero-order valence-corrected chi connectivity index (χ0v) is 15.9. The van der Waals surface area contributed by atoms with Gasteiger partial charge in [-0.25, -0.2) is 0 Å². The van der Waals surface area contributed by atoms with E-state index in [1.54, 1.807) is 19.1 Å². The lowest BCUT2D eigenvalue weighted by Gasteiger charge is -2.17. The van der Waals surface area contributed by atoms with E-state index in [1.807, 2.05) is 66.7 Å². The van der Waals surface area contributed by atoms with Gasteiger partial charge in [0.1, 0.15) is 6.04 Å². The van der Waals surface area contributed by atoms with Crippen LogP contribution in [0.3, 0.4) is 0 Å². The van der Waals surface area contributed by atoms with E-state index >= 15 is 0 Å². The van der Waals surface area contributed by atoms with Crippen LogP contribution < -0.4 is 16.0 Å². The van der Waals surface area contributed by atoms with Crippen molar-refractivity contribution in [3.63, 3.8) is 0 Å². The van der Waals surface area contributed by atoms with Crippen LogP contribution >= 0.6 is 0 Å². The van der Waals surface area contributed by atoms with Gasteiger partial charge in [-0.3, -0.25) is 9.59 Å². The Morgan fingerprint density at radius 1 is 0.786 bits per heavy atom. The number of anilines is 3. The smallest absolute Gasteiger partial charge is 0.246 e. The molecule has 0 aliphatic carbocycles. The zero-order chi connectivity index (χ0) is 19.9. The molecular weight excluding hydrogens is 350 g/mol. The van der Waals surface area contributed by atoms with Crippen LogP contribution in [0, 0.1) is 0 Å². The fourth-order valence-corrected chi connectivity index (χ4v) is 2.91. The molecule has 0 heterocycles. The lowest BCUT2D eigenvalue weighted by molar-refractivity contribution is -0.116. The van der Waals surface area contributed by atoms with Crippen molar-refractivity contribution in [2.45, 2.75) is 19.9 Å². The minimum Gasteiger partial charge on any atom is -0.374 e. The van der Waals surface area contributed by atoms with E-state index in [0.717, 1.165) is 22.5 Å². The summed E-state index contributed by atoms with van der Waals surface area (Å²) in [5.41, 5.74) is 4.21. The first kappa shape index (κ1) is 19.2. The molecule has 5 heteroatoms. The molecule has 0 aliphatic rings. The van der Waals surface area contributed by atoms with Gasteiger partial charge in [0.05, 0.1) is 0 Å². The summed E-state index contributed by atoms with van der Waals surface area (Å²) in [4.78, 5) is 23.9. The molecule has 0 fully saturated rings. The molecule has 0 bridgehead atoms. The number of nitrogens with one attached hydrogen (secondary N) is 3. The van der Waals surface area contributed by atoms with Gasteiger partial charge in [-0.05, 0) is 36.8 Å². The van der Waals surface area contributed by atoms with Crippen molar-refractivity contribution in [2.24, 2.45) is 0 Å². The number of rotatable bonds is 6. The fourth-order valence-electron chi connectivity index (χ4n) is 2.91. The van der Waals surface area contributed by atoms with Crippen LogP contribution in [0.25, 0.3) is 11.1 Å². The lowest BCUT2D eigenvalue weighted by atomic mass is 10.0. The molecule has 3 N–H and O–H groups in total. The number of amides is 2. The van der Waals surface area contributed by atoms with E-state index < -0.39 is 6.04 Å². The maximum atomic E-state index is 12.7. The van der Waals surface area contributed by atoms with E-state index in [1.165, 1.54) is 6.92 Å². The summed E-state index contributed by atoms with van der Waals surface area (Å²) in [5, 5.41) is 8.91. The lowest BCUT2D eigenvalue weighted by Crippen LogP contribution is -2.32. The molecule has 3 aromatic carbocycles. The third kappa shape index (κ3) is 4.98. The predicted molar refractivity (Wildman–Crippen MR) is 114 cm³/mol. The normalized spacial score (nSPS) is 11.4. The number of hydrogen-bond donors (Lipinski definition) is 3. The third-order valence-corrected chi connectivity index (χ3v) is 4.23. The van der Waals surface area contributed by atoms with Crippen LogP contribution in [0.15, 0.2) is 78.9 Å². The Morgan fingerprint density at radius 3 is 2.21 bits per heavy atom. The molecule has 0 aliphatic heterocycles. The molecule has 142 valence electrons. The van der Waals surface area contributed by atoms with E-state index in [0.29, 0.717) is 5.69 Å². The molecule has 28 heavy (non-hydrogen) atoms. The first-order valence-corrected chi connectivity index (χ1v) is 9.12. The Kier molecular flexibility index (Phi) is 6.07.